The van der Waals surface area contributed by atoms with E-state index in [0.29, 0.717) is 0 Å². The van der Waals surface area contributed by atoms with Crippen LogP contribution in [0.3, 0.4) is 0 Å². The molecule has 2 nitrogen and oxygen atoms in total. The summed E-state index contributed by atoms with van der Waals surface area (Å²) in [6, 6.07) is 10.2. The Morgan fingerprint density at radius 3 is 2.54 bits per heavy atom. The topological polar surface area (TPSA) is 15.6 Å². The fourth-order valence-corrected chi connectivity index (χ4v) is 2.07. The van der Waals surface area contributed by atoms with Gasteiger partial charge in [0.25, 0.3) is 0 Å². The van der Waals surface area contributed by atoms with Gasteiger partial charge in [-0.15, -0.1) is 0 Å². The van der Waals surface area contributed by atoms with Gasteiger partial charge in [0.2, 0.25) is 0 Å². The predicted molar refractivity (Wildman–Crippen MR) is 57.4 cm³/mol. The molecule has 0 spiro atoms. The molecule has 0 fully saturated rings. The first-order valence-electron chi connectivity index (χ1n) is 4.19. The van der Waals surface area contributed by atoms with Crippen LogP contribution in [0.5, 0.6) is 0 Å². The number of nitrogens with zero attached hydrogens (tertiary/aromatic N) is 2. The summed E-state index contributed by atoms with van der Waals surface area (Å²) in [6.07, 6.45) is 0.939. The van der Waals surface area contributed by atoms with Crippen molar-refractivity contribution in [1.29, 1.82) is 0 Å². The first-order valence-corrected chi connectivity index (χ1v) is 5.05. The Morgan fingerprint density at radius 1 is 1.31 bits per heavy atom. The summed E-state index contributed by atoms with van der Waals surface area (Å²) in [5, 5.41) is 6.38. The standard InChI is InChI=1S/C10H10N2Se/c1-8-7-10(13)12(11-8)9-5-3-2-4-6-9/h2-6H,7H2,1H3. The molecule has 0 radical (unpaired) electrons. The Morgan fingerprint density at radius 2 is 2.00 bits per heavy atom. The van der Waals surface area contributed by atoms with E-state index in [9.17, 15) is 0 Å². The monoisotopic (exact) mass is 238 g/mol. The van der Waals surface area contributed by atoms with Gasteiger partial charge in [-0.2, -0.15) is 0 Å². The summed E-state index contributed by atoms with van der Waals surface area (Å²) in [5.41, 5.74) is 2.27. The van der Waals surface area contributed by atoms with E-state index in [1.54, 1.807) is 0 Å². The zero-order valence-electron chi connectivity index (χ0n) is 7.40. The van der Waals surface area contributed by atoms with Crippen molar-refractivity contribution in [2.24, 2.45) is 5.10 Å². The van der Waals surface area contributed by atoms with Crippen molar-refractivity contribution in [2.75, 3.05) is 5.01 Å². The molecule has 0 aromatic heterocycles. The van der Waals surface area contributed by atoms with E-state index in [1.807, 2.05) is 30.1 Å². The van der Waals surface area contributed by atoms with E-state index in [1.165, 1.54) is 4.54 Å². The molecule has 0 aliphatic carbocycles. The molecule has 1 aromatic carbocycles. The van der Waals surface area contributed by atoms with Crippen LogP contribution in [0.15, 0.2) is 35.4 Å². The quantitative estimate of drug-likeness (QED) is 0.677. The van der Waals surface area contributed by atoms with Gasteiger partial charge in [0, 0.05) is 0 Å². The number of para-hydroxylation sites is 1. The number of hydrogen-bond donors (Lipinski definition) is 0. The molecule has 0 saturated carbocycles. The van der Waals surface area contributed by atoms with E-state index >= 15 is 0 Å². The van der Waals surface area contributed by atoms with E-state index in [4.69, 9.17) is 0 Å². The molecular formula is C10H10N2Se. The maximum absolute atomic E-state index is 4.42. The van der Waals surface area contributed by atoms with Crippen LogP contribution in [0.1, 0.15) is 13.3 Å². The minimum atomic E-state index is 0.939. The van der Waals surface area contributed by atoms with Gasteiger partial charge in [0.15, 0.2) is 0 Å². The molecule has 1 aliphatic rings. The summed E-state index contributed by atoms with van der Waals surface area (Å²) in [4.78, 5) is 0. The molecule has 1 aromatic rings. The number of rotatable bonds is 1. The van der Waals surface area contributed by atoms with Crippen LogP contribution in [0, 0.1) is 0 Å². The minimum absolute atomic E-state index is 0.939. The van der Waals surface area contributed by atoms with Gasteiger partial charge < -0.3 is 0 Å². The van der Waals surface area contributed by atoms with Crippen LogP contribution in [0.25, 0.3) is 0 Å². The third-order valence-electron chi connectivity index (χ3n) is 1.91. The molecule has 0 N–H and O–H groups in total. The SMILES string of the molecule is CC1=NN(c2ccccc2)C(=[Se])C1. The molecule has 1 heterocycles. The molecule has 2 rings (SSSR count). The fourth-order valence-electron chi connectivity index (χ4n) is 1.33. The normalized spacial score (nSPS) is 16.2. The first kappa shape index (κ1) is 8.67. The van der Waals surface area contributed by atoms with E-state index in [2.05, 4.69) is 32.8 Å². The average Bonchev–Trinajstić information content (AvgIpc) is 2.47. The van der Waals surface area contributed by atoms with Gasteiger partial charge in [-0.25, -0.2) is 0 Å². The van der Waals surface area contributed by atoms with E-state index in [-0.39, 0.29) is 0 Å². The summed E-state index contributed by atoms with van der Waals surface area (Å²) in [7, 11) is 0. The van der Waals surface area contributed by atoms with Crippen LogP contribution < -0.4 is 5.01 Å². The molecule has 3 heteroatoms. The van der Waals surface area contributed by atoms with Crippen LogP contribution >= 0.6 is 0 Å². The third kappa shape index (κ3) is 1.71. The number of benzene rings is 1. The summed E-state index contributed by atoms with van der Waals surface area (Å²) in [5.74, 6) is 0. The molecule has 0 amide bonds. The average molecular weight is 237 g/mol. The van der Waals surface area contributed by atoms with Crippen molar-refractivity contribution < 1.29 is 0 Å². The number of anilines is 1. The molecular weight excluding hydrogens is 227 g/mol. The predicted octanol–water partition coefficient (Wildman–Crippen LogP) is 1.57. The van der Waals surface area contributed by atoms with E-state index in [0.717, 1.165) is 17.8 Å². The zero-order valence-corrected chi connectivity index (χ0v) is 9.11. The van der Waals surface area contributed by atoms with Crippen molar-refractivity contribution in [3.8, 4) is 0 Å². The fraction of sp³-hybridized carbons (Fsp3) is 0.200. The Balaban J connectivity index is 2.33. The van der Waals surface area contributed by atoms with Crippen molar-refractivity contribution in [3.05, 3.63) is 30.3 Å². The Labute approximate surface area is 85.6 Å². The molecule has 0 saturated heterocycles. The van der Waals surface area contributed by atoms with Crippen LogP contribution in [-0.4, -0.2) is 25.8 Å². The van der Waals surface area contributed by atoms with Crippen molar-refractivity contribution in [1.82, 2.24) is 0 Å². The van der Waals surface area contributed by atoms with Crippen LogP contribution in [0.4, 0.5) is 5.69 Å². The van der Waals surface area contributed by atoms with Gasteiger partial charge in [-0.1, -0.05) is 0 Å². The Hall–Kier alpha value is -0.921. The van der Waals surface area contributed by atoms with Gasteiger partial charge in [-0.05, 0) is 0 Å². The van der Waals surface area contributed by atoms with Gasteiger partial charge in [0.05, 0.1) is 0 Å². The van der Waals surface area contributed by atoms with Crippen molar-refractivity contribution in [2.45, 2.75) is 13.3 Å². The maximum atomic E-state index is 4.42. The van der Waals surface area contributed by atoms with Gasteiger partial charge in [0.1, 0.15) is 0 Å². The second kappa shape index (κ2) is 3.44. The zero-order chi connectivity index (χ0) is 9.26. The van der Waals surface area contributed by atoms with Crippen molar-refractivity contribution >= 4 is 31.5 Å². The summed E-state index contributed by atoms with van der Waals surface area (Å²) in [6.45, 7) is 2.04. The number of hydrazone groups is 1. The molecule has 0 bridgehead atoms. The van der Waals surface area contributed by atoms with Crippen LogP contribution in [0.2, 0.25) is 0 Å². The second-order valence-corrected chi connectivity index (χ2v) is 4.04. The van der Waals surface area contributed by atoms with E-state index < -0.39 is 0 Å². The second-order valence-electron chi connectivity index (χ2n) is 3.05. The van der Waals surface area contributed by atoms with Gasteiger partial charge in [-0.3, -0.25) is 0 Å². The molecule has 66 valence electrons. The first-order chi connectivity index (χ1) is 6.27. The molecule has 0 atom stereocenters. The molecule has 13 heavy (non-hydrogen) atoms. The van der Waals surface area contributed by atoms with Gasteiger partial charge >= 0.3 is 85.3 Å². The third-order valence-corrected chi connectivity index (χ3v) is 2.58. The Bertz CT molecular complexity index is 356. The summed E-state index contributed by atoms with van der Waals surface area (Å²) < 4.78 is 1.17. The number of hydrogen-bond acceptors (Lipinski definition) is 2. The molecule has 1 aliphatic heterocycles. The van der Waals surface area contributed by atoms with Crippen LogP contribution in [-0.2, 0) is 0 Å². The van der Waals surface area contributed by atoms with Crippen molar-refractivity contribution in [3.63, 3.8) is 0 Å². The summed E-state index contributed by atoms with van der Waals surface area (Å²) >= 11 is 3.05. The molecule has 0 unspecified atom stereocenters. The Kier molecular flexibility index (Phi) is 2.30.